The Bertz CT molecular complexity index is 1000. The summed E-state index contributed by atoms with van der Waals surface area (Å²) in [6, 6.07) is 8.52. The van der Waals surface area contributed by atoms with Gasteiger partial charge < -0.3 is 20.0 Å². The van der Waals surface area contributed by atoms with Crippen LogP contribution in [-0.2, 0) is 9.59 Å². The second-order valence-corrected chi connectivity index (χ2v) is 7.80. The Kier molecular flexibility index (Phi) is 6.43. The molecule has 1 fully saturated rings. The Morgan fingerprint density at radius 1 is 1.17 bits per heavy atom. The van der Waals surface area contributed by atoms with E-state index in [4.69, 9.17) is 11.6 Å². The molecule has 0 saturated carbocycles. The number of carbonyl (C=O) groups excluding carboxylic acids is 2. The van der Waals surface area contributed by atoms with Crippen molar-refractivity contribution in [1.29, 1.82) is 0 Å². The molecule has 0 radical (unpaired) electrons. The van der Waals surface area contributed by atoms with E-state index in [0.29, 0.717) is 18.5 Å². The number of likely N-dealkylation sites (tertiary alicyclic amines) is 1. The lowest BCUT2D eigenvalue weighted by molar-refractivity contribution is -0.139. The van der Waals surface area contributed by atoms with Gasteiger partial charge in [0, 0.05) is 11.6 Å². The number of phenols is 1. The number of carbonyl (C=O) groups is 2. The second-order valence-electron chi connectivity index (χ2n) is 7.36. The largest absolute Gasteiger partial charge is 0.507 e. The van der Waals surface area contributed by atoms with Gasteiger partial charge >= 0.3 is 0 Å². The third kappa shape index (κ3) is 4.32. The minimum Gasteiger partial charge on any atom is -0.507 e. The lowest BCUT2D eigenvalue weighted by Gasteiger charge is -2.26. The maximum atomic E-state index is 13.5. The fourth-order valence-electron chi connectivity index (χ4n) is 3.50. The molecule has 0 bridgehead atoms. The molecule has 1 atom stereocenters. The van der Waals surface area contributed by atoms with Crippen LogP contribution in [0, 0.1) is 5.82 Å². The summed E-state index contributed by atoms with van der Waals surface area (Å²) in [6.45, 7) is 0.956. The first-order valence-electron chi connectivity index (χ1n) is 9.38. The van der Waals surface area contributed by atoms with Crippen molar-refractivity contribution in [3.63, 3.8) is 0 Å². The quantitative estimate of drug-likeness (QED) is 0.414. The van der Waals surface area contributed by atoms with Crippen molar-refractivity contribution < 1.29 is 24.2 Å². The van der Waals surface area contributed by atoms with Gasteiger partial charge in [-0.15, -0.1) is 0 Å². The first kappa shape index (κ1) is 21.8. The summed E-state index contributed by atoms with van der Waals surface area (Å²) in [7, 11) is 3.79. The van der Waals surface area contributed by atoms with Crippen molar-refractivity contribution in [2.75, 3.05) is 27.2 Å². The number of nitrogens with zero attached hydrogens (tertiary/aromatic N) is 2. The molecule has 1 heterocycles. The molecule has 1 saturated heterocycles. The van der Waals surface area contributed by atoms with Crippen molar-refractivity contribution in [3.05, 3.63) is 70.0 Å². The van der Waals surface area contributed by atoms with Gasteiger partial charge in [0.2, 0.25) is 0 Å². The minimum absolute atomic E-state index is 0.0547. The molecule has 1 aliphatic rings. The number of benzene rings is 2. The highest BCUT2D eigenvalue weighted by Crippen LogP contribution is 2.41. The van der Waals surface area contributed by atoms with Crippen LogP contribution in [-0.4, -0.2) is 58.9 Å². The predicted molar refractivity (Wildman–Crippen MR) is 112 cm³/mol. The van der Waals surface area contributed by atoms with Gasteiger partial charge in [-0.2, -0.15) is 0 Å². The monoisotopic (exact) mass is 432 g/mol. The molecule has 2 aromatic rings. The molecule has 158 valence electrons. The van der Waals surface area contributed by atoms with Crippen molar-refractivity contribution in [2.24, 2.45) is 0 Å². The summed E-state index contributed by atoms with van der Waals surface area (Å²) in [5, 5.41) is 21.3. The molecule has 0 aliphatic carbocycles. The third-order valence-electron chi connectivity index (χ3n) is 4.94. The smallest absolute Gasteiger partial charge is 0.295 e. The fourth-order valence-corrected chi connectivity index (χ4v) is 3.67. The number of rotatable bonds is 6. The van der Waals surface area contributed by atoms with Crippen LogP contribution in [0.3, 0.4) is 0 Å². The van der Waals surface area contributed by atoms with E-state index in [-0.39, 0.29) is 28.5 Å². The van der Waals surface area contributed by atoms with Crippen molar-refractivity contribution >= 4 is 29.1 Å². The van der Waals surface area contributed by atoms with Crippen molar-refractivity contribution in [1.82, 2.24) is 9.80 Å². The maximum absolute atomic E-state index is 13.5. The van der Waals surface area contributed by atoms with E-state index >= 15 is 0 Å². The van der Waals surface area contributed by atoms with Crippen LogP contribution in [0.15, 0.2) is 48.0 Å². The number of aliphatic hydroxyl groups is 1. The van der Waals surface area contributed by atoms with Gasteiger partial charge in [-0.1, -0.05) is 23.7 Å². The van der Waals surface area contributed by atoms with Crippen molar-refractivity contribution in [2.45, 2.75) is 12.5 Å². The van der Waals surface area contributed by atoms with Gasteiger partial charge in [-0.05, 0) is 63.0 Å². The Morgan fingerprint density at radius 2 is 1.83 bits per heavy atom. The van der Waals surface area contributed by atoms with Gasteiger partial charge in [-0.25, -0.2) is 4.39 Å². The molecule has 1 aliphatic heterocycles. The molecule has 2 N–H and O–H groups in total. The zero-order valence-electron chi connectivity index (χ0n) is 16.6. The lowest BCUT2D eigenvalue weighted by atomic mass is 9.95. The molecule has 1 amide bonds. The van der Waals surface area contributed by atoms with Crippen LogP contribution in [0.4, 0.5) is 4.39 Å². The summed E-state index contributed by atoms with van der Waals surface area (Å²) >= 11 is 5.98. The zero-order chi connectivity index (χ0) is 22.0. The van der Waals surface area contributed by atoms with Gasteiger partial charge in [0.15, 0.2) is 0 Å². The number of aliphatic hydroxyl groups excluding tert-OH is 1. The van der Waals surface area contributed by atoms with E-state index in [1.165, 1.54) is 47.4 Å². The van der Waals surface area contributed by atoms with E-state index in [1.807, 2.05) is 19.0 Å². The lowest BCUT2D eigenvalue weighted by Crippen LogP contribution is -2.32. The van der Waals surface area contributed by atoms with E-state index < -0.39 is 29.3 Å². The average molecular weight is 433 g/mol. The number of ketones is 1. The Hall–Kier alpha value is -2.90. The number of phenolic OH excluding ortho intramolecular Hbond substituents is 1. The Morgan fingerprint density at radius 3 is 2.47 bits per heavy atom. The van der Waals surface area contributed by atoms with Crippen LogP contribution in [0.5, 0.6) is 5.75 Å². The third-order valence-corrected chi connectivity index (χ3v) is 5.18. The normalized spacial score (nSPS) is 18.4. The first-order chi connectivity index (χ1) is 14.2. The summed E-state index contributed by atoms with van der Waals surface area (Å²) in [4.78, 5) is 29.0. The highest BCUT2D eigenvalue weighted by Gasteiger charge is 2.46. The molecule has 2 aromatic carbocycles. The highest BCUT2D eigenvalue weighted by atomic mass is 35.5. The molecule has 6 nitrogen and oxygen atoms in total. The Labute approximate surface area is 178 Å². The fraction of sp³-hybridized carbons (Fsp3) is 0.273. The first-order valence-corrected chi connectivity index (χ1v) is 9.76. The molecule has 1 unspecified atom stereocenters. The minimum atomic E-state index is -0.911. The summed E-state index contributed by atoms with van der Waals surface area (Å²) in [5.41, 5.74) is 0.249. The summed E-state index contributed by atoms with van der Waals surface area (Å²) < 4.78 is 13.5. The highest BCUT2D eigenvalue weighted by molar-refractivity contribution is 6.46. The zero-order valence-corrected chi connectivity index (χ0v) is 17.4. The SMILES string of the molecule is CN(C)CCCN1C(=O)C(=O)/C(=C(/O)c2cc(Cl)ccc2O)C1c1ccc(F)cc1. The molecular weight excluding hydrogens is 411 g/mol. The predicted octanol–water partition coefficient (Wildman–Crippen LogP) is 3.56. The number of aromatic hydroxyl groups is 1. The summed E-state index contributed by atoms with van der Waals surface area (Å²) in [6.07, 6.45) is 0.597. The van der Waals surface area contributed by atoms with Gasteiger partial charge in [0.1, 0.15) is 17.3 Å². The van der Waals surface area contributed by atoms with Crippen molar-refractivity contribution in [3.8, 4) is 5.75 Å². The van der Waals surface area contributed by atoms with E-state index in [1.54, 1.807) is 0 Å². The number of halogens is 2. The standard InChI is InChI=1S/C22H22ClFN2O4/c1-25(2)10-3-11-26-19(13-4-7-15(24)8-5-13)18(21(29)22(26)30)20(28)16-12-14(23)6-9-17(16)27/h4-9,12,19,27-28H,3,10-11H2,1-2H3/b20-18+. The van der Waals surface area contributed by atoms with E-state index in [9.17, 15) is 24.2 Å². The molecule has 0 spiro atoms. The molecule has 0 aromatic heterocycles. The Balaban J connectivity index is 2.13. The van der Waals surface area contributed by atoms with Crippen LogP contribution >= 0.6 is 11.6 Å². The topological polar surface area (TPSA) is 81.1 Å². The van der Waals surface area contributed by atoms with E-state index in [2.05, 4.69) is 0 Å². The molecular formula is C22H22ClFN2O4. The van der Waals surface area contributed by atoms with Gasteiger partial charge in [0.05, 0.1) is 17.2 Å². The van der Waals surface area contributed by atoms with Gasteiger partial charge in [0.25, 0.3) is 11.7 Å². The molecule has 30 heavy (non-hydrogen) atoms. The maximum Gasteiger partial charge on any atom is 0.295 e. The van der Waals surface area contributed by atoms with Crippen LogP contribution in [0.1, 0.15) is 23.6 Å². The molecule has 8 heteroatoms. The van der Waals surface area contributed by atoms with Crippen LogP contribution in [0.2, 0.25) is 5.02 Å². The number of hydrogen-bond donors (Lipinski definition) is 2. The number of hydrogen-bond acceptors (Lipinski definition) is 5. The number of Topliss-reactive ketones (excluding diaryl/α,β-unsaturated/α-hetero) is 1. The van der Waals surface area contributed by atoms with Crippen LogP contribution < -0.4 is 0 Å². The number of amides is 1. The second kappa shape index (κ2) is 8.85. The van der Waals surface area contributed by atoms with Gasteiger partial charge in [-0.3, -0.25) is 9.59 Å². The van der Waals surface area contributed by atoms with Crippen LogP contribution in [0.25, 0.3) is 5.76 Å². The molecule has 3 rings (SSSR count). The average Bonchev–Trinajstić information content (AvgIpc) is 2.94. The van der Waals surface area contributed by atoms with E-state index in [0.717, 1.165) is 0 Å². The summed E-state index contributed by atoms with van der Waals surface area (Å²) in [5.74, 6) is -2.90.